The highest BCUT2D eigenvalue weighted by atomic mass is 19.1. The van der Waals surface area contributed by atoms with E-state index in [-0.39, 0.29) is 30.3 Å². The highest BCUT2D eigenvalue weighted by Crippen LogP contribution is 2.25. The van der Waals surface area contributed by atoms with Crippen molar-refractivity contribution in [2.45, 2.75) is 44.1 Å². The molecule has 0 radical (unpaired) electrons. The van der Waals surface area contributed by atoms with E-state index in [9.17, 15) is 19.1 Å². The second kappa shape index (κ2) is 8.27. The summed E-state index contributed by atoms with van der Waals surface area (Å²) in [5, 5.41) is 10.9. The third kappa shape index (κ3) is 4.89. The second-order valence-electron chi connectivity index (χ2n) is 7.56. The van der Waals surface area contributed by atoms with Crippen molar-refractivity contribution in [3.63, 3.8) is 0 Å². The minimum atomic E-state index is -0.848. The summed E-state index contributed by atoms with van der Waals surface area (Å²) in [6.07, 6.45) is 4.06. The van der Waals surface area contributed by atoms with Crippen molar-refractivity contribution in [1.29, 1.82) is 0 Å². The average Bonchev–Trinajstić information content (AvgIpc) is 3.12. The van der Waals surface area contributed by atoms with Crippen molar-refractivity contribution in [3.05, 3.63) is 35.6 Å². The van der Waals surface area contributed by atoms with Gasteiger partial charge in [-0.05, 0) is 63.0 Å². The van der Waals surface area contributed by atoms with E-state index in [4.69, 9.17) is 0 Å². The van der Waals surface area contributed by atoms with Crippen LogP contribution in [0.3, 0.4) is 0 Å². The number of benzene rings is 1. The number of amides is 1. The summed E-state index contributed by atoms with van der Waals surface area (Å²) in [6.45, 7) is 3.62. The number of halogens is 1. The molecule has 2 saturated heterocycles. The lowest BCUT2D eigenvalue weighted by molar-refractivity contribution is -0.139. The van der Waals surface area contributed by atoms with Gasteiger partial charge in [0.15, 0.2) is 5.78 Å². The predicted octanol–water partition coefficient (Wildman–Crippen LogP) is 2.24. The van der Waals surface area contributed by atoms with E-state index < -0.39 is 5.60 Å². The molecule has 1 aromatic carbocycles. The van der Waals surface area contributed by atoms with Crippen molar-refractivity contribution in [2.24, 2.45) is 0 Å². The predicted molar refractivity (Wildman–Crippen MR) is 96.4 cm³/mol. The zero-order chi connectivity index (χ0) is 18.6. The van der Waals surface area contributed by atoms with E-state index >= 15 is 0 Å². The first-order valence-corrected chi connectivity index (χ1v) is 9.46. The second-order valence-corrected chi connectivity index (χ2v) is 7.56. The van der Waals surface area contributed by atoms with Crippen LogP contribution in [0.4, 0.5) is 4.39 Å². The standard InChI is InChI=1S/C20H27FN2O3/c21-17-6-4-16(5-7-17)18(24)8-9-19(25)23-13-3-10-20(26,15-23)14-22-11-1-2-12-22/h4-7,26H,1-3,8-15H2/t20-/m1/s1. The van der Waals surface area contributed by atoms with Gasteiger partial charge in [-0.15, -0.1) is 0 Å². The summed E-state index contributed by atoms with van der Waals surface area (Å²) < 4.78 is 12.9. The molecule has 0 bridgehead atoms. The van der Waals surface area contributed by atoms with Gasteiger partial charge >= 0.3 is 0 Å². The number of nitrogens with zero attached hydrogens (tertiary/aromatic N) is 2. The molecule has 0 aromatic heterocycles. The van der Waals surface area contributed by atoms with Gasteiger partial charge in [0.2, 0.25) is 5.91 Å². The fraction of sp³-hybridized carbons (Fsp3) is 0.600. The van der Waals surface area contributed by atoms with Crippen molar-refractivity contribution in [2.75, 3.05) is 32.7 Å². The summed E-state index contributed by atoms with van der Waals surface area (Å²) in [4.78, 5) is 28.6. The Bertz CT molecular complexity index is 643. The van der Waals surface area contributed by atoms with Crippen LogP contribution in [0.5, 0.6) is 0 Å². The molecule has 0 aliphatic carbocycles. The number of rotatable bonds is 6. The number of likely N-dealkylation sites (tertiary alicyclic amines) is 2. The molecule has 6 heteroatoms. The monoisotopic (exact) mass is 362 g/mol. The molecule has 0 unspecified atom stereocenters. The van der Waals surface area contributed by atoms with Gasteiger partial charge in [0, 0.05) is 31.5 Å². The molecule has 26 heavy (non-hydrogen) atoms. The molecule has 2 aliphatic rings. The first-order valence-electron chi connectivity index (χ1n) is 9.46. The highest BCUT2D eigenvalue weighted by molar-refractivity contribution is 5.97. The molecule has 1 amide bonds. The Hall–Kier alpha value is -1.79. The molecule has 0 spiro atoms. The summed E-state index contributed by atoms with van der Waals surface area (Å²) in [6, 6.07) is 5.38. The Morgan fingerprint density at radius 2 is 1.73 bits per heavy atom. The fourth-order valence-corrected chi connectivity index (χ4v) is 3.97. The average molecular weight is 362 g/mol. The van der Waals surface area contributed by atoms with Gasteiger partial charge < -0.3 is 14.9 Å². The Morgan fingerprint density at radius 3 is 2.42 bits per heavy atom. The summed E-state index contributed by atoms with van der Waals surface area (Å²) >= 11 is 0. The van der Waals surface area contributed by atoms with E-state index in [1.54, 1.807) is 4.90 Å². The van der Waals surface area contributed by atoms with Crippen molar-refractivity contribution in [1.82, 2.24) is 9.80 Å². The van der Waals surface area contributed by atoms with Crippen LogP contribution in [0.1, 0.15) is 48.9 Å². The minimum Gasteiger partial charge on any atom is -0.387 e. The molecule has 1 aromatic rings. The Balaban J connectivity index is 1.50. The number of β-amino-alcohol motifs (C(OH)–C–C–N with tert-alkyl or cyclic N) is 1. The van der Waals surface area contributed by atoms with Crippen molar-refractivity contribution >= 4 is 11.7 Å². The molecule has 142 valence electrons. The molecule has 2 fully saturated rings. The number of Topliss-reactive ketones (excluding diaryl/α,β-unsaturated/α-hetero) is 1. The van der Waals surface area contributed by atoms with Crippen LogP contribution in [0.15, 0.2) is 24.3 Å². The van der Waals surface area contributed by atoms with Crippen LogP contribution in [0.2, 0.25) is 0 Å². The van der Waals surface area contributed by atoms with E-state index in [0.29, 0.717) is 31.6 Å². The summed E-state index contributed by atoms with van der Waals surface area (Å²) in [5.74, 6) is -0.647. The third-order valence-corrected chi connectivity index (χ3v) is 5.36. The maximum atomic E-state index is 12.9. The third-order valence-electron chi connectivity index (χ3n) is 5.36. The van der Waals surface area contributed by atoms with E-state index in [1.807, 2.05) is 0 Å². The molecule has 1 N–H and O–H groups in total. The highest BCUT2D eigenvalue weighted by Gasteiger charge is 2.37. The lowest BCUT2D eigenvalue weighted by atomic mass is 9.92. The van der Waals surface area contributed by atoms with Gasteiger partial charge in [0.05, 0.1) is 12.1 Å². The van der Waals surface area contributed by atoms with Crippen LogP contribution >= 0.6 is 0 Å². The Labute approximate surface area is 153 Å². The molecule has 2 heterocycles. The first-order chi connectivity index (χ1) is 12.5. The van der Waals surface area contributed by atoms with Crippen LogP contribution < -0.4 is 0 Å². The van der Waals surface area contributed by atoms with Crippen LogP contribution in [-0.4, -0.2) is 64.9 Å². The zero-order valence-corrected chi connectivity index (χ0v) is 15.1. The van der Waals surface area contributed by atoms with Crippen LogP contribution in [0, 0.1) is 5.82 Å². The molecule has 3 rings (SSSR count). The number of carbonyl (C=O) groups is 2. The zero-order valence-electron chi connectivity index (χ0n) is 15.1. The summed E-state index contributed by atoms with van der Waals surface area (Å²) in [7, 11) is 0. The number of aliphatic hydroxyl groups is 1. The maximum absolute atomic E-state index is 12.9. The molecule has 2 aliphatic heterocycles. The Morgan fingerprint density at radius 1 is 1.04 bits per heavy atom. The minimum absolute atomic E-state index is 0.0972. The number of piperidine rings is 1. The SMILES string of the molecule is O=C(CCC(=O)N1CCC[C@@](O)(CN2CCCC2)C1)c1ccc(F)cc1. The van der Waals surface area contributed by atoms with Crippen LogP contribution in [0.25, 0.3) is 0 Å². The maximum Gasteiger partial charge on any atom is 0.223 e. The number of hydrogen-bond acceptors (Lipinski definition) is 4. The largest absolute Gasteiger partial charge is 0.387 e. The molecule has 1 atom stereocenters. The summed E-state index contributed by atoms with van der Waals surface area (Å²) in [5.41, 5.74) is -0.428. The van der Waals surface area contributed by atoms with Gasteiger partial charge in [0.25, 0.3) is 0 Å². The normalized spacial score (nSPS) is 24.0. The molecular formula is C20H27FN2O3. The number of hydrogen-bond donors (Lipinski definition) is 1. The quantitative estimate of drug-likeness (QED) is 0.789. The number of carbonyl (C=O) groups excluding carboxylic acids is 2. The fourth-order valence-electron chi connectivity index (χ4n) is 3.97. The van der Waals surface area contributed by atoms with Crippen LogP contribution in [-0.2, 0) is 4.79 Å². The van der Waals surface area contributed by atoms with Gasteiger partial charge in [-0.2, -0.15) is 0 Å². The van der Waals surface area contributed by atoms with E-state index in [1.165, 1.54) is 37.1 Å². The van der Waals surface area contributed by atoms with Gasteiger partial charge in [-0.1, -0.05) is 0 Å². The lowest BCUT2D eigenvalue weighted by Gasteiger charge is -2.41. The van der Waals surface area contributed by atoms with Gasteiger partial charge in [-0.25, -0.2) is 4.39 Å². The van der Waals surface area contributed by atoms with Gasteiger partial charge in [0.1, 0.15) is 5.82 Å². The topological polar surface area (TPSA) is 60.9 Å². The van der Waals surface area contributed by atoms with E-state index in [2.05, 4.69) is 4.90 Å². The van der Waals surface area contributed by atoms with E-state index in [0.717, 1.165) is 19.5 Å². The molecular weight excluding hydrogens is 335 g/mol. The van der Waals surface area contributed by atoms with Gasteiger partial charge in [-0.3, -0.25) is 9.59 Å². The van der Waals surface area contributed by atoms with Crippen molar-refractivity contribution < 1.29 is 19.1 Å². The smallest absolute Gasteiger partial charge is 0.223 e. The first kappa shape index (κ1) is 19.0. The van der Waals surface area contributed by atoms with Crippen molar-refractivity contribution in [3.8, 4) is 0 Å². The number of ketones is 1. The lowest BCUT2D eigenvalue weighted by Crippen LogP contribution is -2.55. The Kier molecular flexibility index (Phi) is 6.04. The molecule has 0 saturated carbocycles. The molecule has 5 nitrogen and oxygen atoms in total.